The average Bonchev–Trinajstić information content (AvgIpc) is 2.92. The van der Waals surface area contributed by atoms with Gasteiger partial charge in [-0.1, -0.05) is 6.92 Å². The molecule has 1 aliphatic carbocycles. The van der Waals surface area contributed by atoms with Crippen molar-refractivity contribution in [3.05, 3.63) is 39.6 Å². The van der Waals surface area contributed by atoms with Crippen LogP contribution in [0.2, 0.25) is 0 Å². The fraction of sp³-hybridized carbons (Fsp3) is 0.353. The number of methoxy groups -OCH3 is 1. The van der Waals surface area contributed by atoms with Crippen LogP contribution in [-0.4, -0.2) is 13.0 Å². The van der Waals surface area contributed by atoms with Gasteiger partial charge < -0.3 is 15.8 Å². The lowest BCUT2D eigenvalue weighted by atomic mass is 9.88. The molecule has 0 bridgehead atoms. The van der Waals surface area contributed by atoms with E-state index >= 15 is 0 Å². The van der Waals surface area contributed by atoms with Gasteiger partial charge >= 0.3 is 0 Å². The van der Waals surface area contributed by atoms with Crippen molar-refractivity contribution >= 4 is 41.0 Å². The predicted octanol–water partition coefficient (Wildman–Crippen LogP) is 4.14. The molecule has 1 atom stereocenters. The van der Waals surface area contributed by atoms with Gasteiger partial charge in [0.15, 0.2) is 0 Å². The molecule has 3 N–H and O–H groups in total. The molecule has 0 aliphatic heterocycles. The van der Waals surface area contributed by atoms with Gasteiger partial charge in [0.2, 0.25) is 0 Å². The number of ether oxygens (including phenoxy) is 1. The Morgan fingerprint density at radius 1 is 1.43 bits per heavy atom. The largest absolute Gasteiger partial charge is 0.497 e. The maximum Gasteiger partial charge on any atom is 0.256 e. The number of nitrogens with one attached hydrogen (secondary N) is 1. The Morgan fingerprint density at radius 2 is 2.22 bits per heavy atom. The van der Waals surface area contributed by atoms with Crippen molar-refractivity contribution in [1.82, 2.24) is 0 Å². The number of amides is 1. The van der Waals surface area contributed by atoms with E-state index in [9.17, 15) is 4.79 Å². The van der Waals surface area contributed by atoms with Crippen LogP contribution >= 0.6 is 23.7 Å². The van der Waals surface area contributed by atoms with Gasteiger partial charge in [0, 0.05) is 16.3 Å². The highest BCUT2D eigenvalue weighted by molar-refractivity contribution is 7.10. The maximum absolute atomic E-state index is 12.6. The van der Waals surface area contributed by atoms with E-state index < -0.39 is 0 Å². The molecule has 1 heterocycles. The SMILES string of the molecule is COc1ccc(N)c(NC(=O)c2csc3c2CCC(C)C3)c1.Cl. The highest BCUT2D eigenvalue weighted by Crippen LogP contribution is 2.33. The number of fused-ring (bicyclic) bond motifs is 1. The number of nitrogen functional groups attached to an aromatic ring is 1. The second kappa shape index (κ2) is 7.23. The monoisotopic (exact) mass is 352 g/mol. The second-order valence-electron chi connectivity index (χ2n) is 5.81. The zero-order chi connectivity index (χ0) is 15.7. The summed E-state index contributed by atoms with van der Waals surface area (Å²) in [5.74, 6) is 1.29. The van der Waals surface area contributed by atoms with Crippen molar-refractivity contribution in [1.29, 1.82) is 0 Å². The number of rotatable bonds is 3. The van der Waals surface area contributed by atoms with Crippen LogP contribution in [0.15, 0.2) is 23.6 Å². The zero-order valence-corrected chi connectivity index (χ0v) is 14.9. The van der Waals surface area contributed by atoms with Gasteiger partial charge in [0.1, 0.15) is 5.75 Å². The quantitative estimate of drug-likeness (QED) is 0.816. The third-order valence-electron chi connectivity index (χ3n) is 4.16. The molecule has 1 amide bonds. The molecular formula is C17H21ClN2O2S. The molecule has 0 saturated heterocycles. The summed E-state index contributed by atoms with van der Waals surface area (Å²) >= 11 is 1.69. The van der Waals surface area contributed by atoms with E-state index in [1.54, 1.807) is 36.6 Å². The molecule has 6 heteroatoms. The Labute approximate surface area is 146 Å². The first-order valence-electron chi connectivity index (χ1n) is 7.42. The van der Waals surface area contributed by atoms with Gasteiger partial charge in [-0.05, 0) is 42.9 Å². The molecule has 0 radical (unpaired) electrons. The normalized spacial score (nSPS) is 16.2. The number of benzene rings is 1. The molecule has 23 heavy (non-hydrogen) atoms. The van der Waals surface area contributed by atoms with Crippen molar-refractivity contribution in [3.63, 3.8) is 0 Å². The molecule has 1 unspecified atom stereocenters. The van der Waals surface area contributed by atoms with E-state index in [0.29, 0.717) is 23.0 Å². The summed E-state index contributed by atoms with van der Waals surface area (Å²) in [4.78, 5) is 13.9. The first-order chi connectivity index (χ1) is 10.6. The Hall–Kier alpha value is -1.72. The predicted molar refractivity (Wildman–Crippen MR) is 98.1 cm³/mol. The van der Waals surface area contributed by atoms with E-state index in [0.717, 1.165) is 24.8 Å². The number of hydrogen-bond acceptors (Lipinski definition) is 4. The number of carbonyl (C=O) groups is 1. The van der Waals surface area contributed by atoms with Crippen LogP contribution in [0.4, 0.5) is 11.4 Å². The highest BCUT2D eigenvalue weighted by atomic mass is 35.5. The number of anilines is 2. The fourth-order valence-corrected chi connectivity index (χ4v) is 4.07. The van der Waals surface area contributed by atoms with Gasteiger partial charge in [-0.15, -0.1) is 23.7 Å². The summed E-state index contributed by atoms with van der Waals surface area (Å²) in [7, 11) is 1.59. The van der Waals surface area contributed by atoms with Crippen molar-refractivity contribution in [2.45, 2.75) is 26.2 Å². The number of carbonyl (C=O) groups excluding carboxylic acids is 1. The van der Waals surface area contributed by atoms with Crippen LogP contribution in [0.25, 0.3) is 0 Å². The van der Waals surface area contributed by atoms with Crippen LogP contribution in [0.5, 0.6) is 5.75 Å². The molecule has 1 aromatic carbocycles. The molecule has 0 spiro atoms. The molecule has 4 nitrogen and oxygen atoms in total. The van der Waals surface area contributed by atoms with Gasteiger partial charge in [0.05, 0.1) is 24.0 Å². The van der Waals surface area contributed by atoms with E-state index in [1.165, 1.54) is 10.4 Å². The number of thiophene rings is 1. The number of halogens is 1. The molecule has 2 aromatic rings. The van der Waals surface area contributed by atoms with Gasteiger partial charge in [0.25, 0.3) is 5.91 Å². The van der Waals surface area contributed by atoms with Crippen LogP contribution < -0.4 is 15.8 Å². The van der Waals surface area contributed by atoms with Crippen molar-refractivity contribution in [2.24, 2.45) is 5.92 Å². The lowest BCUT2D eigenvalue weighted by Crippen LogP contribution is -2.17. The molecule has 0 fully saturated rings. The molecular weight excluding hydrogens is 332 g/mol. The third-order valence-corrected chi connectivity index (χ3v) is 5.21. The van der Waals surface area contributed by atoms with Crippen LogP contribution in [0.3, 0.4) is 0 Å². The summed E-state index contributed by atoms with van der Waals surface area (Å²) < 4.78 is 5.18. The topological polar surface area (TPSA) is 64.3 Å². The maximum atomic E-state index is 12.6. The molecule has 3 rings (SSSR count). The molecule has 0 saturated carbocycles. The van der Waals surface area contributed by atoms with Gasteiger partial charge in [-0.2, -0.15) is 0 Å². The number of nitrogens with two attached hydrogens (primary N) is 1. The number of hydrogen-bond donors (Lipinski definition) is 2. The van der Waals surface area contributed by atoms with E-state index in [4.69, 9.17) is 10.5 Å². The standard InChI is InChI=1S/C17H20N2O2S.ClH/c1-10-3-5-12-13(9-22-16(12)7-10)17(20)19-15-8-11(21-2)4-6-14(15)18;/h4,6,8-10H,3,5,7,18H2,1-2H3,(H,19,20);1H. The van der Waals surface area contributed by atoms with Crippen LogP contribution in [0.1, 0.15) is 34.1 Å². The highest BCUT2D eigenvalue weighted by Gasteiger charge is 2.23. The fourth-order valence-electron chi connectivity index (χ4n) is 2.83. The molecule has 1 aromatic heterocycles. The molecule has 1 aliphatic rings. The van der Waals surface area contributed by atoms with Crippen molar-refractivity contribution < 1.29 is 9.53 Å². The lowest BCUT2D eigenvalue weighted by Gasteiger charge is -2.19. The van der Waals surface area contributed by atoms with Crippen molar-refractivity contribution in [3.8, 4) is 5.75 Å². The van der Waals surface area contributed by atoms with Gasteiger partial charge in [-0.25, -0.2) is 0 Å². The minimum atomic E-state index is -0.0907. The van der Waals surface area contributed by atoms with E-state index in [1.807, 2.05) is 5.38 Å². The minimum Gasteiger partial charge on any atom is -0.497 e. The Morgan fingerprint density at radius 3 is 2.96 bits per heavy atom. The van der Waals surface area contributed by atoms with E-state index in [2.05, 4.69) is 12.2 Å². The van der Waals surface area contributed by atoms with Crippen LogP contribution in [0, 0.1) is 5.92 Å². The summed E-state index contributed by atoms with van der Waals surface area (Å²) in [5, 5.41) is 4.88. The summed E-state index contributed by atoms with van der Waals surface area (Å²) in [6.45, 7) is 2.26. The Balaban J connectivity index is 0.00000192. The smallest absolute Gasteiger partial charge is 0.256 e. The summed E-state index contributed by atoms with van der Waals surface area (Å²) in [6.07, 6.45) is 3.20. The van der Waals surface area contributed by atoms with Crippen LogP contribution in [-0.2, 0) is 12.8 Å². The Kier molecular flexibility index (Phi) is 5.55. The van der Waals surface area contributed by atoms with Crippen molar-refractivity contribution in [2.75, 3.05) is 18.2 Å². The molecule has 124 valence electrons. The van der Waals surface area contributed by atoms with E-state index in [-0.39, 0.29) is 18.3 Å². The third kappa shape index (κ3) is 3.62. The summed E-state index contributed by atoms with van der Waals surface area (Å²) in [6, 6.07) is 5.26. The first-order valence-corrected chi connectivity index (χ1v) is 8.30. The minimum absolute atomic E-state index is 0. The van der Waals surface area contributed by atoms with Gasteiger partial charge in [-0.3, -0.25) is 4.79 Å². The first kappa shape index (κ1) is 17.6. The zero-order valence-electron chi connectivity index (χ0n) is 13.2. The second-order valence-corrected chi connectivity index (χ2v) is 6.77. The summed E-state index contributed by atoms with van der Waals surface area (Å²) in [5.41, 5.74) is 9.06. The average molecular weight is 353 g/mol. The Bertz CT molecular complexity index is 715. The lowest BCUT2D eigenvalue weighted by molar-refractivity contribution is 0.102.